The summed E-state index contributed by atoms with van der Waals surface area (Å²) in [6.07, 6.45) is 2.49. The van der Waals surface area contributed by atoms with Crippen molar-refractivity contribution in [3.05, 3.63) is 59.2 Å². The molecule has 1 amide bonds. The molecule has 2 aliphatic rings. The lowest BCUT2D eigenvalue weighted by atomic mass is 10.0. The number of fused-ring (bicyclic) bond motifs is 1. The summed E-state index contributed by atoms with van der Waals surface area (Å²) in [6, 6.07) is 9.80. The highest BCUT2D eigenvalue weighted by atomic mass is 19.1. The topological polar surface area (TPSA) is 105 Å². The maximum absolute atomic E-state index is 14.7. The van der Waals surface area contributed by atoms with Gasteiger partial charge in [0.2, 0.25) is 0 Å². The van der Waals surface area contributed by atoms with Crippen molar-refractivity contribution in [1.82, 2.24) is 20.1 Å². The van der Waals surface area contributed by atoms with Gasteiger partial charge in [-0.25, -0.2) is 14.1 Å². The molecule has 2 aromatic heterocycles. The molecule has 2 unspecified atom stereocenters. The number of halogens is 1. The maximum atomic E-state index is 14.7. The molecule has 1 saturated heterocycles. The molecule has 2 aliphatic heterocycles. The predicted molar refractivity (Wildman–Crippen MR) is 121 cm³/mol. The van der Waals surface area contributed by atoms with Crippen LogP contribution in [-0.4, -0.2) is 60.2 Å². The Morgan fingerprint density at radius 3 is 2.79 bits per heavy atom. The quantitative estimate of drug-likeness (QED) is 0.621. The normalized spacial score (nSPS) is 19.6. The summed E-state index contributed by atoms with van der Waals surface area (Å²) in [7, 11) is 3.35. The highest BCUT2D eigenvalue weighted by molar-refractivity contribution is 6.01. The lowest BCUT2D eigenvalue weighted by Gasteiger charge is -2.37. The molecular weight excluding hydrogens is 439 g/mol. The minimum Gasteiger partial charge on any atom is -0.379 e. The molecule has 174 valence electrons. The molecule has 4 heterocycles. The standard InChI is InChI=1S/C24H23FN6O3/c1-33-19-6-8-30(13-20(19)34-2)21-7-9-31(29-21)18-10-16(28-17-12-27-24(32)23(17)18)22-14(11-26)4-3-5-15(22)25/h3-5,7,9-10,19-20H,6,8,12-13H2,1-2H3,(H,27,32). The molecule has 5 rings (SSSR count). The third-order valence-corrected chi connectivity index (χ3v) is 6.36. The summed E-state index contributed by atoms with van der Waals surface area (Å²) in [5, 5.41) is 17.0. The van der Waals surface area contributed by atoms with Gasteiger partial charge in [0.1, 0.15) is 11.9 Å². The second-order valence-corrected chi connectivity index (χ2v) is 8.21. The fraction of sp³-hybridized carbons (Fsp3) is 0.333. The lowest BCUT2D eigenvalue weighted by molar-refractivity contribution is -0.0442. The van der Waals surface area contributed by atoms with Gasteiger partial charge in [0.25, 0.3) is 5.91 Å². The second kappa shape index (κ2) is 8.85. The summed E-state index contributed by atoms with van der Waals surface area (Å²) < 4.78 is 27.4. The molecule has 10 heteroatoms. The zero-order valence-corrected chi connectivity index (χ0v) is 18.8. The van der Waals surface area contributed by atoms with Crippen molar-refractivity contribution in [2.45, 2.75) is 25.2 Å². The number of hydrogen-bond acceptors (Lipinski definition) is 7. The summed E-state index contributed by atoms with van der Waals surface area (Å²) in [6.45, 7) is 1.59. The monoisotopic (exact) mass is 462 g/mol. The van der Waals surface area contributed by atoms with Crippen molar-refractivity contribution in [2.75, 3.05) is 32.2 Å². The van der Waals surface area contributed by atoms with Crippen LogP contribution in [-0.2, 0) is 16.0 Å². The van der Waals surface area contributed by atoms with Gasteiger partial charge in [0, 0.05) is 39.6 Å². The van der Waals surface area contributed by atoms with E-state index in [-0.39, 0.29) is 41.5 Å². The molecule has 0 aliphatic carbocycles. The SMILES string of the molecule is COC1CCN(c2ccn(-c3cc(-c4c(F)cccc4C#N)nc4c3C(=O)NC4)n2)CC1OC. The Balaban J connectivity index is 1.56. The third kappa shape index (κ3) is 3.69. The van der Waals surface area contributed by atoms with E-state index in [2.05, 4.69) is 15.2 Å². The van der Waals surface area contributed by atoms with Crippen LogP contribution in [0.3, 0.4) is 0 Å². The minimum atomic E-state index is -0.553. The molecule has 0 spiro atoms. The Hall–Kier alpha value is -3.81. The van der Waals surface area contributed by atoms with Crippen molar-refractivity contribution in [3.63, 3.8) is 0 Å². The van der Waals surface area contributed by atoms with Gasteiger partial charge in [-0.2, -0.15) is 10.4 Å². The van der Waals surface area contributed by atoms with Gasteiger partial charge in [0.05, 0.1) is 52.5 Å². The largest absolute Gasteiger partial charge is 0.379 e. The number of ether oxygens (including phenoxy) is 2. The first-order chi connectivity index (χ1) is 16.5. The number of hydrogen-bond donors (Lipinski definition) is 1. The molecule has 0 saturated carbocycles. The maximum Gasteiger partial charge on any atom is 0.255 e. The van der Waals surface area contributed by atoms with Crippen LogP contribution in [0.1, 0.15) is 28.0 Å². The molecule has 1 N–H and O–H groups in total. The van der Waals surface area contributed by atoms with E-state index in [0.717, 1.165) is 18.8 Å². The molecule has 9 nitrogen and oxygen atoms in total. The van der Waals surface area contributed by atoms with Gasteiger partial charge in [-0.05, 0) is 24.6 Å². The van der Waals surface area contributed by atoms with Crippen LogP contribution >= 0.6 is 0 Å². The van der Waals surface area contributed by atoms with Crippen LogP contribution in [0, 0.1) is 17.1 Å². The van der Waals surface area contributed by atoms with E-state index in [0.29, 0.717) is 23.5 Å². The Labute approximate surface area is 195 Å². The Morgan fingerprint density at radius 2 is 2.03 bits per heavy atom. The van der Waals surface area contributed by atoms with Crippen molar-refractivity contribution in [3.8, 4) is 23.0 Å². The van der Waals surface area contributed by atoms with Crippen LogP contribution in [0.4, 0.5) is 10.2 Å². The van der Waals surface area contributed by atoms with Gasteiger partial charge in [0.15, 0.2) is 5.82 Å². The third-order valence-electron chi connectivity index (χ3n) is 6.36. The van der Waals surface area contributed by atoms with Crippen LogP contribution in [0.15, 0.2) is 36.5 Å². The van der Waals surface area contributed by atoms with Crippen molar-refractivity contribution >= 4 is 11.7 Å². The van der Waals surface area contributed by atoms with E-state index >= 15 is 0 Å². The number of piperidine rings is 1. The van der Waals surface area contributed by atoms with Crippen LogP contribution in [0.2, 0.25) is 0 Å². The van der Waals surface area contributed by atoms with E-state index < -0.39 is 5.82 Å². The van der Waals surface area contributed by atoms with E-state index in [1.165, 1.54) is 18.2 Å². The van der Waals surface area contributed by atoms with E-state index in [1.807, 2.05) is 12.1 Å². The number of nitrogens with zero attached hydrogens (tertiary/aromatic N) is 5. The molecular formula is C24H23FN6O3. The molecule has 34 heavy (non-hydrogen) atoms. The zero-order chi connectivity index (χ0) is 23.8. The number of pyridine rings is 1. The molecule has 1 aromatic carbocycles. The van der Waals surface area contributed by atoms with Crippen LogP contribution in [0.25, 0.3) is 16.9 Å². The molecule has 0 bridgehead atoms. The number of aromatic nitrogens is 3. The smallest absolute Gasteiger partial charge is 0.255 e. The summed E-state index contributed by atoms with van der Waals surface area (Å²) >= 11 is 0. The first kappa shape index (κ1) is 22.0. The number of carbonyl (C=O) groups is 1. The minimum absolute atomic E-state index is 0.0214. The highest BCUT2D eigenvalue weighted by Gasteiger charge is 2.31. The van der Waals surface area contributed by atoms with Gasteiger partial charge in [-0.1, -0.05) is 6.07 Å². The number of methoxy groups -OCH3 is 2. The fourth-order valence-corrected chi connectivity index (χ4v) is 4.61. The number of anilines is 1. The average Bonchev–Trinajstić information content (AvgIpc) is 3.50. The average molecular weight is 462 g/mol. The molecule has 1 fully saturated rings. The van der Waals surface area contributed by atoms with E-state index in [4.69, 9.17) is 14.6 Å². The zero-order valence-electron chi connectivity index (χ0n) is 18.8. The summed E-state index contributed by atoms with van der Waals surface area (Å²) in [4.78, 5) is 19.2. The van der Waals surface area contributed by atoms with Crippen molar-refractivity contribution in [1.29, 1.82) is 5.26 Å². The molecule has 2 atom stereocenters. The predicted octanol–water partition coefficient (Wildman–Crippen LogP) is 2.43. The first-order valence-corrected chi connectivity index (χ1v) is 10.9. The van der Waals surface area contributed by atoms with Gasteiger partial charge >= 0.3 is 0 Å². The Bertz CT molecular complexity index is 1300. The molecule has 3 aromatic rings. The number of carbonyl (C=O) groups excluding carboxylic acids is 1. The number of nitrogens with one attached hydrogen (secondary N) is 1. The van der Waals surface area contributed by atoms with Gasteiger partial charge in [-0.3, -0.25) is 4.79 Å². The van der Waals surface area contributed by atoms with Crippen molar-refractivity contribution < 1.29 is 18.7 Å². The van der Waals surface area contributed by atoms with Gasteiger partial charge < -0.3 is 19.7 Å². The van der Waals surface area contributed by atoms with Crippen molar-refractivity contribution in [2.24, 2.45) is 0 Å². The number of amides is 1. The van der Waals surface area contributed by atoms with Gasteiger partial charge in [-0.15, -0.1) is 0 Å². The van der Waals surface area contributed by atoms with Crippen LogP contribution in [0.5, 0.6) is 0 Å². The molecule has 0 radical (unpaired) electrons. The van der Waals surface area contributed by atoms with Crippen LogP contribution < -0.4 is 10.2 Å². The number of nitriles is 1. The first-order valence-electron chi connectivity index (χ1n) is 10.9. The van der Waals surface area contributed by atoms with E-state index in [9.17, 15) is 14.4 Å². The summed E-state index contributed by atoms with van der Waals surface area (Å²) in [5.74, 6) is -0.0938. The van der Waals surface area contributed by atoms with E-state index in [1.54, 1.807) is 31.2 Å². The number of benzene rings is 1. The Kier molecular flexibility index (Phi) is 5.73. The highest BCUT2D eigenvalue weighted by Crippen LogP contribution is 2.32. The second-order valence-electron chi connectivity index (χ2n) is 8.21. The number of rotatable bonds is 5. The lowest BCUT2D eigenvalue weighted by Crippen LogP contribution is -2.48. The summed E-state index contributed by atoms with van der Waals surface area (Å²) in [5.41, 5.74) is 1.90. The fourth-order valence-electron chi connectivity index (χ4n) is 4.61. The Morgan fingerprint density at radius 1 is 1.21 bits per heavy atom.